The largest absolute Gasteiger partial charge is 0.388 e. The van der Waals surface area contributed by atoms with Crippen LogP contribution in [0.15, 0.2) is 0 Å². The molecule has 2 atom stereocenters. The van der Waals surface area contributed by atoms with Crippen LogP contribution in [0.1, 0.15) is 42.4 Å². The molecule has 142 valence electrons. The van der Waals surface area contributed by atoms with Crippen molar-refractivity contribution in [2.75, 3.05) is 19.7 Å². The number of nitrogens with one attached hydrogen (secondary N) is 2. The highest BCUT2D eigenvalue weighted by Gasteiger charge is 2.49. The number of aryl methyl sites for hydroxylation is 2. The van der Waals surface area contributed by atoms with Gasteiger partial charge in [-0.15, -0.1) is 12.4 Å². The predicted molar refractivity (Wildman–Crippen MR) is 97.5 cm³/mol. The number of ether oxygens (including phenoxy) is 1. The zero-order chi connectivity index (χ0) is 17.5. The first-order valence-electron chi connectivity index (χ1n) is 8.31. The molecule has 0 radical (unpaired) electrons. The summed E-state index contributed by atoms with van der Waals surface area (Å²) in [6.45, 7) is 5.61. The minimum Gasteiger partial charge on any atom is -0.388 e. The Morgan fingerprint density at radius 3 is 2.68 bits per heavy atom. The molecular weight excluding hydrogens is 367 g/mol. The van der Waals surface area contributed by atoms with Crippen LogP contribution in [0.2, 0.25) is 5.02 Å². The van der Waals surface area contributed by atoms with Crippen molar-refractivity contribution in [3.8, 4) is 0 Å². The van der Waals surface area contributed by atoms with E-state index in [9.17, 15) is 9.90 Å². The normalized spacial score (nSPS) is 28.4. The van der Waals surface area contributed by atoms with Crippen molar-refractivity contribution in [1.82, 2.24) is 20.4 Å². The number of hydrogen-bond donors (Lipinski definition) is 3. The summed E-state index contributed by atoms with van der Waals surface area (Å²) < 4.78 is 7.44. The average molecular weight is 393 g/mol. The summed E-state index contributed by atoms with van der Waals surface area (Å²) in [6.07, 6.45) is 1.55. The second-order valence-electron chi connectivity index (χ2n) is 7.18. The molecule has 0 saturated carbocycles. The van der Waals surface area contributed by atoms with Crippen LogP contribution in [0.4, 0.5) is 0 Å². The lowest BCUT2D eigenvalue weighted by Crippen LogP contribution is -2.65. The van der Waals surface area contributed by atoms with Crippen LogP contribution in [0, 0.1) is 6.92 Å². The SMILES string of the molecule is Cc1nn(C)c(C(=O)N[C@@]2(C)CC3(CCNCC3)OC[C@@H]2O)c1Cl.Cl. The Labute approximate surface area is 158 Å². The maximum absolute atomic E-state index is 12.8. The Bertz CT molecular complexity index is 646. The fraction of sp³-hybridized carbons (Fsp3) is 0.750. The molecule has 9 heteroatoms. The van der Waals surface area contributed by atoms with E-state index in [2.05, 4.69) is 15.7 Å². The summed E-state index contributed by atoms with van der Waals surface area (Å²) in [4.78, 5) is 12.8. The molecule has 7 nitrogen and oxygen atoms in total. The van der Waals surface area contributed by atoms with Gasteiger partial charge in [0, 0.05) is 13.5 Å². The minimum atomic E-state index is -0.770. The number of rotatable bonds is 2. The highest BCUT2D eigenvalue weighted by molar-refractivity contribution is 6.34. The van der Waals surface area contributed by atoms with Crippen LogP contribution in [0.25, 0.3) is 0 Å². The number of aromatic nitrogens is 2. The Kier molecular flexibility index (Phi) is 6.06. The van der Waals surface area contributed by atoms with E-state index in [1.807, 2.05) is 6.92 Å². The van der Waals surface area contributed by atoms with E-state index in [0.29, 0.717) is 22.8 Å². The molecule has 1 amide bonds. The first-order valence-corrected chi connectivity index (χ1v) is 8.68. The van der Waals surface area contributed by atoms with Gasteiger partial charge in [0.05, 0.1) is 28.5 Å². The van der Waals surface area contributed by atoms with Gasteiger partial charge in [-0.2, -0.15) is 5.10 Å². The lowest BCUT2D eigenvalue weighted by Gasteiger charge is -2.50. The van der Waals surface area contributed by atoms with Gasteiger partial charge in [-0.1, -0.05) is 11.6 Å². The average Bonchev–Trinajstić information content (AvgIpc) is 2.77. The van der Waals surface area contributed by atoms with E-state index in [-0.39, 0.29) is 30.5 Å². The molecule has 0 bridgehead atoms. The monoisotopic (exact) mass is 392 g/mol. The molecule has 0 aromatic carbocycles. The molecule has 0 unspecified atom stereocenters. The van der Waals surface area contributed by atoms with E-state index in [1.165, 1.54) is 4.68 Å². The summed E-state index contributed by atoms with van der Waals surface area (Å²) >= 11 is 6.21. The Morgan fingerprint density at radius 1 is 1.48 bits per heavy atom. The lowest BCUT2D eigenvalue weighted by molar-refractivity contribution is -0.169. The van der Waals surface area contributed by atoms with Gasteiger partial charge in [0.25, 0.3) is 5.91 Å². The summed E-state index contributed by atoms with van der Waals surface area (Å²) in [5.74, 6) is -0.323. The van der Waals surface area contributed by atoms with E-state index >= 15 is 0 Å². The molecule has 1 aromatic rings. The van der Waals surface area contributed by atoms with Crippen molar-refractivity contribution in [3.05, 3.63) is 16.4 Å². The number of aliphatic hydroxyl groups is 1. The summed E-state index contributed by atoms with van der Waals surface area (Å²) in [6, 6.07) is 0. The Morgan fingerprint density at radius 2 is 2.12 bits per heavy atom. The topological polar surface area (TPSA) is 88.4 Å². The van der Waals surface area contributed by atoms with E-state index in [0.717, 1.165) is 25.9 Å². The van der Waals surface area contributed by atoms with Gasteiger partial charge in [0.1, 0.15) is 11.8 Å². The van der Waals surface area contributed by atoms with Crippen LogP contribution in [0.5, 0.6) is 0 Å². The molecule has 25 heavy (non-hydrogen) atoms. The molecule has 2 fully saturated rings. The number of carbonyl (C=O) groups excluding carboxylic acids is 1. The third-order valence-electron chi connectivity index (χ3n) is 5.25. The van der Waals surface area contributed by atoms with Gasteiger partial charge in [-0.3, -0.25) is 9.48 Å². The molecule has 2 aliphatic heterocycles. The van der Waals surface area contributed by atoms with Gasteiger partial charge in [0.15, 0.2) is 0 Å². The van der Waals surface area contributed by atoms with Gasteiger partial charge in [-0.05, 0) is 39.8 Å². The number of carbonyl (C=O) groups is 1. The van der Waals surface area contributed by atoms with Gasteiger partial charge >= 0.3 is 0 Å². The third-order valence-corrected chi connectivity index (χ3v) is 5.70. The second-order valence-corrected chi connectivity index (χ2v) is 7.56. The first kappa shape index (κ1) is 20.5. The van der Waals surface area contributed by atoms with E-state index in [1.54, 1.807) is 14.0 Å². The van der Waals surface area contributed by atoms with Crippen molar-refractivity contribution < 1.29 is 14.6 Å². The quantitative estimate of drug-likeness (QED) is 0.703. The molecule has 3 rings (SSSR count). The maximum Gasteiger partial charge on any atom is 0.271 e. The molecule has 3 heterocycles. The fourth-order valence-corrected chi connectivity index (χ4v) is 4.05. The molecule has 1 aromatic heterocycles. The smallest absolute Gasteiger partial charge is 0.271 e. The number of amides is 1. The van der Waals surface area contributed by atoms with Crippen molar-refractivity contribution >= 4 is 29.9 Å². The number of aliphatic hydroxyl groups excluding tert-OH is 1. The van der Waals surface area contributed by atoms with Crippen LogP contribution < -0.4 is 10.6 Å². The summed E-state index contributed by atoms with van der Waals surface area (Å²) in [5, 5.41) is 21.3. The minimum absolute atomic E-state index is 0. The highest BCUT2D eigenvalue weighted by atomic mass is 35.5. The number of halogens is 2. The van der Waals surface area contributed by atoms with E-state index < -0.39 is 11.6 Å². The van der Waals surface area contributed by atoms with E-state index in [4.69, 9.17) is 16.3 Å². The van der Waals surface area contributed by atoms with Gasteiger partial charge in [0.2, 0.25) is 0 Å². The third kappa shape index (κ3) is 3.80. The van der Waals surface area contributed by atoms with Gasteiger partial charge in [-0.25, -0.2) is 0 Å². The van der Waals surface area contributed by atoms with Crippen molar-refractivity contribution in [2.24, 2.45) is 7.05 Å². The number of hydrogen-bond acceptors (Lipinski definition) is 5. The zero-order valence-corrected chi connectivity index (χ0v) is 16.3. The maximum atomic E-state index is 12.8. The summed E-state index contributed by atoms with van der Waals surface area (Å²) in [7, 11) is 1.69. The number of nitrogens with zero attached hydrogens (tertiary/aromatic N) is 2. The molecular formula is C16H26Cl2N4O3. The predicted octanol–water partition coefficient (Wildman–Crippen LogP) is 1.20. The Balaban J connectivity index is 0.00000225. The molecule has 2 aliphatic rings. The fourth-order valence-electron chi connectivity index (χ4n) is 3.81. The van der Waals surface area contributed by atoms with Crippen molar-refractivity contribution in [2.45, 2.75) is 50.4 Å². The van der Waals surface area contributed by atoms with Crippen molar-refractivity contribution in [1.29, 1.82) is 0 Å². The highest BCUT2D eigenvalue weighted by Crippen LogP contribution is 2.38. The lowest BCUT2D eigenvalue weighted by atomic mass is 9.75. The van der Waals surface area contributed by atoms with Gasteiger partial charge < -0.3 is 20.5 Å². The molecule has 2 saturated heterocycles. The first-order chi connectivity index (χ1) is 11.3. The number of piperidine rings is 1. The summed E-state index contributed by atoms with van der Waals surface area (Å²) in [5.41, 5.74) is -0.141. The van der Waals surface area contributed by atoms with Crippen LogP contribution in [-0.2, 0) is 11.8 Å². The molecule has 1 spiro atoms. The Hall–Kier alpha value is -0.860. The van der Waals surface area contributed by atoms with Crippen molar-refractivity contribution in [3.63, 3.8) is 0 Å². The molecule has 0 aliphatic carbocycles. The zero-order valence-electron chi connectivity index (χ0n) is 14.8. The molecule has 3 N–H and O–H groups in total. The van der Waals surface area contributed by atoms with Crippen LogP contribution in [-0.4, -0.2) is 57.7 Å². The second kappa shape index (κ2) is 7.40. The van der Waals surface area contributed by atoms with Crippen LogP contribution in [0.3, 0.4) is 0 Å². The van der Waals surface area contributed by atoms with Crippen LogP contribution >= 0.6 is 24.0 Å². The standard InChI is InChI=1S/C16H25ClN4O3.ClH/c1-10-12(17)13(21(3)20-10)14(23)19-15(2)9-16(24-8-11(15)22)4-6-18-7-5-16;/h11,18,22H,4-9H2,1-3H3,(H,19,23);1H/t11-,15-;/m0./s1.